The molecule has 7 heteroatoms. The van der Waals surface area contributed by atoms with E-state index < -0.39 is 29.8 Å². The van der Waals surface area contributed by atoms with Gasteiger partial charge in [0.15, 0.2) is 0 Å². The molecule has 0 bridgehead atoms. The van der Waals surface area contributed by atoms with Gasteiger partial charge in [-0.25, -0.2) is 9.69 Å². The third-order valence-electron chi connectivity index (χ3n) is 3.93. The standard InChI is InChI=1S/C19H14F3NO3/c20-19(21,22)15-8-4-5-13(11-15)9-10-17(24)23-16(12-26-18(23)25)14-6-2-1-3-7-14/h1-11,16H,12H2/b10-9+/t16-/m1/s1. The molecule has 1 atom stereocenters. The van der Waals surface area contributed by atoms with Crippen LogP contribution in [0, 0.1) is 0 Å². The summed E-state index contributed by atoms with van der Waals surface area (Å²) in [4.78, 5) is 25.3. The molecule has 1 fully saturated rings. The van der Waals surface area contributed by atoms with Gasteiger partial charge in [0.05, 0.1) is 5.56 Å². The zero-order valence-corrected chi connectivity index (χ0v) is 13.4. The summed E-state index contributed by atoms with van der Waals surface area (Å²) in [6.07, 6.45) is -2.94. The lowest BCUT2D eigenvalue weighted by molar-refractivity contribution is -0.137. The van der Waals surface area contributed by atoms with E-state index in [-0.39, 0.29) is 12.2 Å². The maximum absolute atomic E-state index is 12.7. The largest absolute Gasteiger partial charge is 0.446 e. The number of rotatable bonds is 3. The average Bonchev–Trinajstić information content (AvgIpc) is 3.01. The highest BCUT2D eigenvalue weighted by Crippen LogP contribution is 2.30. The SMILES string of the molecule is O=C(/C=C/c1cccc(C(F)(F)F)c1)N1C(=O)OC[C@@H]1c1ccccc1. The van der Waals surface area contributed by atoms with Crippen LogP contribution >= 0.6 is 0 Å². The molecule has 2 amide bonds. The molecule has 0 spiro atoms. The van der Waals surface area contributed by atoms with E-state index in [1.54, 1.807) is 30.3 Å². The monoisotopic (exact) mass is 361 g/mol. The molecule has 0 unspecified atom stereocenters. The average molecular weight is 361 g/mol. The molecule has 1 heterocycles. The Kier molecular flexibility index (Phi) is 4.79. The van der Waals surface area contributed by atoms with Gasteiger partial charge in [-0.15, -0.1) is 0 Å². The molecule has 3 rings (SSSR count). The van der Waals surface area contributed by atoms with Crippen molar-refractivity contribution in [3.8, 4) is 0 Å². The van der Waals surface area contributed by atoms with Crippen molar-refractivity contribution in [1.82, 2.24) is 4.90 Å². The summed E-state index contributed by atoms with van der Waals surface area (Å²) in [6.45, 7) is 0.0337. The van der Waals surface area contributed by atoms with E-state index in [1.807, 2.05) is 0 Å². The van der Waals surface area contributed by atoms with Crippen molar-refractivity contribution in [2.75, 3.05) is 6.61 Å². The molecule has 134 valence electrons. The fourth-order valence-electron chi connectivity index (χ4n) is 2.65. The molecule has 26 heavy (non-hydrogen) atoms. The first-order chi connectivity index (χ1) is 12.4. The molecule has 0 radical (unpaired) electrons. The lowest BCUT2D eigenvalue weighted by Crippen LogP contribution is -2.32. The number of ether oxygens (including phenoxy) is 1. The van der Waals surface area contributed by atoms with Crippen LogP contribution in [0.5, 0.6) is 0 Å². The Balaban J connectivity index is 1.80. The van der Waals surface area contributed by atoms with Crippen LogP contribution < -0.4 is 0 Å². The zero-order chi connectivity index (χ0) is 18.7. The number of benzene rings is 2. The van der Waals surface area contributed by atoms with Crippen molar-refractivity contribution < 1.29 is 27.5 Å². The van der Waals surface area contributed by atoms with Gasteiger partial charge in [-0.3, -0.25) is 4.79 Å². The molecule has 1 aliphatic heterocycles. The number of hydrogen-bond donors (Lipinski definition) is 0. The summed E-state index contributed by atoms with van der Waals surface area (Å²) in [5.41, 5.74) is 0.131. The molecule has 0 saturated carbocycles. The summed E-state index contributed by atoms with van der Waals surface area (Å²) < 4.78 is 43.2. The molecule has 1 saturated heterocycles. The number of carbonyl (C=O) groups is 2. The topological polar surface area (TPSA) is 46.6 Å². The first kappa shape index (κ1) is 17.7. The van der Waals surface area contributed by atoms with Crippen molar-refractivity contribution in [1.29, 1.82) is 0 Å². The summed E-state index contributed by atoms with van der Waals surface area (Å²) in [5.74, 6) is -0.654. The summed E-state index contributed by atoms with van der Waals surface area (Å²) >= 11 is 0. The minimum absolute atomic E-state index is 0.0337. The molecule has 2 aromatic carbocycles. The minimum atomic E-state index is -4.47. The van der Waals surface area contributed by atoms with Gasteiger partial charge in [-0.1, -0.05) is 42.5 Å². The van der Waals surface area contributed by atoms with Crippen LogP contribution in [0.3, 0.4) is 0 Å². The Labute approximate surface area is 147 Å². The molecular weight excluding hydrogens is 347 g/mol. The van der Waals surface area contributed by atoms with Gasteiger partial charge < -0.3 is 4.74 Å². The summed E-state index contributed by atoms with van der Waals surface area (Å²) in [7, 11) is 0. The van der Waals surface area contributed by atoms with Crippen LogP contribution in [0.15, 0.2) is 60.7 Å². The number of carbonyl (C=O) groups excluding carboxylic acids is 2. The van der Waals surface area contributed by atoms with E-state index in [4.69, 9.17) is 4.74 Å². The lowest BCUT2D eigenvalue weighted by Gasteiger charge is -2.18. The molecule has 2 aromatic rings. The van der Waals surface area contributed by atoms with E-state index in [9.17, 15) is 22.8 Å². The number of imide groups is 1. The van der Waals surface area contributed by atoms with Crippen LogP contribution in [0.2, 0.25) is 0 Å². The molecule has 1 aliphatic rings. The Morgan fingerprint density at radius 1 is 1.12 bits per heavy atom. The highest BCUT2D eigenvalue weighted by atomic mass is 19.4. The van der Waals surface area contributed by atoms with Gasteiger partial charge in [0, 0.05) is 6.08 Å². The summed E-state index contributed by atoms with van der Waals surface area (Å²) in [5, 5.41) is 0. The Bertz CT molecular complexity index is 847. The van der Waals surface area contributed by atoms with Gasteiger partial charge >= 0.3 is 12.3 Å². The van der Waals surface area contributed by atoms with Gasteiger partial charge in [-0.2, -0.15) is 13.2 Å². The van der Waals surface area contributed by atoms with E-state index in [1.165, 1.54) is 18.2 Å². The first-order valence-corrected chi connectivity index (χ1v) is 7.76. The third-order valence-corrected chi connectivity index (χ3v) is 3.93. The normalized spacial score (nSPS) is 17.6. The van der Waals surface area contributed by atoms with Gasteiger partial charge in [0.1, 0.15) is 12.6 Å². The molecule has 0 N–H and O–H groups in total. The number of halogens is 3. The predicted octanol–water partition coefficient (Wildman–Crippen LogP) is 4.44. The number of hydrogen-bond acceptors (Lipinski definition) is 3. The van der Waals surface area contributed by atoms with Crippen molar-refractivity contribution in [3.63, 3.8) is 0 Å². The van der Waals surface area contributed by atoms with Crippen molar-refractivity contribution in [3.05, 3.63) is 77.4 Å². The van der Waals surface area contributed by atoms with E-state index in [0.29, 0.717) is 0 Å². The number of amides is 2. The molecular formula is C19H14F3NO3. The lowest BCUT2D eigenvalue weighted by atomic mass is 10.1. The number of alkyl halides is 3. The zero-order valence-electron chi connectivity index (χ0n) is 13.4. The highest BCUT2D eigenvalue weighted by Gasteiger charge is 2.37. The number of cyclic esters (lactones) is 1. The van der Waals surface area contributed by atoms with Crippen LogP contribution in [0.25, 0.3) is 6.08 Å². The predicted molar refractivity (Wildman–Crippen MR) is 87.9 cm³/mol. The van der Waals surface area contributed by atoms with Crippen molar-refractivity contribution >= 4 is 18.1 Å². The first-order valence-electron chi connectivity index (χ1n) is 7.76. The fourth-order valence-corrected chi connectivity index (χ4v) is 2.65. The highest BCUT2D eigenvalue weighted by molar-refractivity contribution is 6.02. The summed E-state index contributed by atoms with van der Waals surface area (Å²) in [6, 6.07) is 12.9. The van der Waals surface area contributed by atoms with E-state index in [0.717, 1.165) is 28.7 Å². The van der Waals surface area contributed by atoms with Gasteiger partial charge in [-0.05, 0) is 29.3 Å². The smallest absolute Gasteiger partial charge is 0.417 e. The van der Waals surface area contributed by atoms with Crippen molar-refractivity contribution in [2.45, 2.75) is 12.2 Å². The molecule has 4 nitrogen and oxygen atoms in total. The second-order valence-electron chi connectivity index (χ2n) is 5.67. The molecule has 0 aliphatic carbocycles. The van der Waals surface area contributed by atoms with Crippen molar-refractivity contribution in [2.24, 2.45) is 0 Å². The van der Waals surface area contributed by atoms with E-state index in [2.05, 4.69) is 0 Å². The quantitative estimate of drug-likeness (QED) is 0.760. The number of nitrogens with zero attached hydrogens (tertiary/aromatic N) is 1. The third kappa shape index (κ3) is 3.77. The van der Waals surface area contributed by atoms with Crippen LogP contribution in [0.4, 0.5) is 18.0 Å². The van der Waals surface area contributed by atoms with Crippen LogP contribution in [-0.4, -0.2) is 23.5 Å². The fraction of sp³-hybridized carbons (Fsp3) is 0.158. The molecule has 0 aromatic heterocycles. The van der Waals surface area contributed by atoms with Crippen LogP contribution in [0.1, 0.15) is 22.7 Å². The Morgan fingerprint density at radius 3 is 2.54 bits per heavy atom. The second kappa shape index (κ2) is 7.03. The van der Waals surface area contributed by atoms with Gasteiger partial charge in [0.2, 0.25) is 0 Å². The van der Waals surface area contributed by atoms with Crippen LogP contribution in [-0.2, 0) is 15.7 Å². The van der Waals surface area contributed by atoms with E-state index >= 15 is 0 Å². The van der Waals surface area contributed by atoms with Gasteiger partial charge in [0.25, 0.3) is 5.91 Å². The maximum atomic E-state index is 12.7. The second-order valence-corrected chi connectivity index (χ2v) is 5.67. The Morgan fingerprint density at radius 2 is 1.85 bits per heavy atom. The Hall–Kier alpha value is -3.09. The minimum Gasteiger partial charge on any atom is -0.446 e. The maximum Gasteiger partial charge on any atom is 0.417 e.